The van der Waals surface area contributed by atoms with Crippen molar-refractivity contribution in [3.05, 3.63) is 70.2 Å². The third-order valence-electron chi connectivity index (χ3n) is 7.41. The highest BCUT2D eigenvalue weighted by Crippen LogP contribution is 2.64. The lowest BCUT2D eigenvalue weighted by atomic mass is 9.86. The molecule has 0 spiro atoms. The summed E-state index contributed by atoms with van der Waals surface area (Å²) in [6.07, 6.45) is 16.7. The van der Waals surface area contributed by atoms with Crippen molar-refractivity contribution in [2.75, 3.05) is 0 Å². The van der Waals surface area contributed by atoms with Crippen molar-refractivity contribution in [3.63, 3.8) is 0 Å². The van der Waals surface area contributed by atoms with Crippen molar-refractivity contribution in [3.8, 4) is 0 Å². The van der Waals surface area contributed by atoms with Crippen molar-refractivity contribution in [2.24, 2.45) is 0 Å². The van der Waals surface area contributed by atoms with E-state index in [1.807, 2.05) is 6.07 Å². The molecule has 0 atom stereocenters. The van der Waals surface area contributed by atoms with Gasteiger partial charge in [0.15, 0.2) is 0 Å². The van der Waals surface area contributed by atoms with E-state index in [0.29, 0.717) is 0 Å². The molecule has 0 bridgehead atoms. The van der Waals surface area contributed by atoms with Crippen molar-refractivity contribution < 1.29 is 0 Å². The first-order valence-corrected chi connectivity index (χ1v) is 14.6. The third-order valence-corrected chi connectivity index (χ3v) is 11.2. The van der Waals surface area contributed by atoms with Crippen LogP contribution >= 0.6 is 19.5 Å². The maximum Gasteiger partial charge on any atom is 0.0411 e. The molecule has 0 amide bonds. The predicted molar refractivity (Wildman–Crippen MR) is 151 cm³/mol. The first kappa shape index (κ1) is 26.6. The first-order chi connectivity index (χ1) is 15.4. The number of benzene rings is 2. The highest BCUT2D eigenvalue weighted by molar-refractivity contribution is 7.70. The standard InChI is InChI=1S/C30H40ClP.B/c1-30(2,3)25-19-17-24(18-20-25)29(22-23-11-10-12-26(31)21-23)32(27-13-6-4-7-14-27)28-15-8-5-9-16-28;/h10-12,17-22,27-28H,4-9,13-16H2,1-3H3;/b29-22+;. The topological polar surface area (TPSA) is 0 Å². The van der Waals surface area contributed by atoms with Gasteiger partial charge in [0.1, 0.15) is 0 Å². The Bertz CT molecular complexity index is 882. The molecule has 33 heavy (non-hydrogen) atoms. The smallest absolute Gasteiger partial charge is 0.0411 e. The third kappa shape index (κ3) is 6.99. The van der Waals surface area contributed by atoms with E-state index in [1.165, 1.54) is 80.9 Å². The maximum atomic E-state index is 6.40. The second-order valence-electron chi connectivity index (χ2n) is 10.9. The molecule has 0 heterocycles. The van der Waals surface area contributed by atoms with Crippen LogP contribution in [-0.4, -0.2) is 19.7 Å². The minimum Gasteiger partial charge on any atom is -0.0843 e. The molecule has 4 rings (SSSR count). The summed E-state index contributed by atoms with van der Waals surface area (Å²) in [6.45, 7) is 6.92. The van der Waals surface area contributed by atoms with Gasteiger partial charge in [-0.15, -0.1) is 0 Å². The quantitative estimate of drug-likeness (QED) is 0.228. The molecule has 175 valence electrons. The highest BCUT2D eigenvalue weighted by atomic mass is 35.5. The van der Waals surface area contributed by atoms with Crippen LogP contribution in [0.25, 0.3) is 11.4 Å². The summed E-state index contributed by atoms with van der Waals surface area (Å²) in [5.41, 5.74) is 6.08. The van der Waals surface area contributed by atoms with Crippen LogP contribution in [0.5, 0.6) is 0 Å². The van der Waals surface area contributed by atoms with Crippen molar-refractivity contribution >= 4 is 39.3 Å². The van der Waals surface area contributed by atoms with Gasteiger partial charge in [0, 0.05) is 13.4 Å². The second kappa shape index (κ2) is 12.1. The van der Waals surface area contributed by atoms with Gasteiger partial charge in [-0.3, -0.25) is 0 Å². The molecule has 2 aliphatic carbocycles. The van der Waals surface area contributed by atoms with E-state index in [-0.39, 0.29) is 21.7 Å². The van der Waals surface area contributed by atoms with Crippen LogP contribution in [0.1, 0.15) is 102 Å². The Balaban J connectivity index is 0.00000306. The molecule has 3 radical (unpaired) electrons. The van der Waals surface area contributed by atoms with Crippen molar-refractivity contribution in [2.45, 2.75) is 102 Å². The summed E-state index contributed by atoms with van der Waals surface area (Å²) in [7, 11) is -0.190. The summed E-state index contributed by atoms with van der Waals surface area (Å²) in [4.78, 5) is 0. The fraction of sp³-hybridized carbons (Fsp3) is 0.533. The zero-order valence-electron chi connectivity index (χ0n) is 20.8. The fourth-order valence-corrected chi connectivity index (χ4v) is 9.78. The molecule has 0 N–H and O–H groups in total. The predicted octanol–water partition coefficient (Wildman–Crippen LogP) is 9.90. The minimum absolute atomic E-state index is 0. The van der Waals surface area contributed by atoms with Crippen LogP contribution in [0, 0.1) is 0 Å². The Morgan fingerprint density at radius 3 is 1.85 bits per heavy atom. The zero-order valence-corrected chi connectivity index (χ0v) is 22.5. The molecule has 2 aliphatic rings. The first-order valence-electron chi connectivity index (χ1n) is 12.8. The van der Waals surface area contributed by atoms with E-state index >= 15 is 0 Å². The largest absolute Gasteiger partial charge is 0.0843 e. The van der Waals surface area contributed by atoms with Crippen LogP contribution in [-0.2, 0) is 5.41 Å². The number of hydrogen-bond donors (Lipinski definition) is 0. The van der Waals surface area contributed by atoms with E-state index in [0.717, 1.165) is 16.3 Å². The lowest BCUT2D eigenvalue weighted by Gasteiger charge is -2.40. The van der Waals surface area contributed by atoms with Gasteiger partial charge in [-0.1, -0.05) is 115 Å². The molecule has 3 heteroatoms. The van der Waals surface area contributed by atoms with Gasteiger partial charge in [0.05, 0.1) is 0 Å². The second-order valence-corrected chi connectivity index (χ2v) is 14.1. The van der Waals surface area contributed by atoms with E-state index in [4.69, 9.17) is 11.6 Å². The molecule has 2 fully saturated rings. The van der Waals surface area contributed by atoms with Gasteiger partial charge < -0.3 is 0 Å². The fourth-order valence-electron chi connectivity index (χ4n) is 5.61. The Morgan fingerprint density at radius 2 is 1.36 bits per heavy atom. The van der Waals surface area contributed by atoms with Crippen molar-refractivity contribution in [1.82, 2.24) is 0 Å². The molecular formula is C30H40BClP. The molecule has 0 aromatic heterocycles. The summed E-state index contributed by atoms with van der Waals surface area (Å²) in [6, 6.07) is 18.0. The van der Waals surface area contributed by atoms with Crippen LogP contribution in [0.2, 0.25) is 5.02 Å². The lowest BCUT2D eigenvalue weighted by molar-refractivity contribution is 0.487. The zero-order chi connectivity index (χ0) is 22.6. The summed E-state index contributed by atoms with van der Waals surface area (Å²) < 4.78 is 0. The van der Waals surface area contributed by atoms with Gasteiger partial charge >= 0.3 is 0 Å². The van der Waals surface area contributed by atoms with Gasteiger partial charge in [-0.25, -0.2) is 0 Å². The molecule has 0 unspecified atom stereocenters. The van der Waals surface area contributed by atoms with Gasteiger partial charge in [-0.2, -0.15) is 0 Å². The Morgan fingerprint density at radius 1 is 0.818 bits per heavy atom. The molecule has 2 aromatic carbocycles. The average molecular weight is 478 g/mol. The number of hydrogen-bond acceptors (Lipinski definition) is 0. The summed E-state index contributed by atoms with van der Waals surface area (Å²) in [5.74, 6) is 0. The SMILES string of the molecule is CC(C)(C)c1ccc(/C(=C\c2cccc(Cl)c2)P(C2CCCCC2)C2CCCCC2)cc1.[B]. The highest BCUT2D eigenvalue weighted by Gasteiger charge is 2.34. The molecule has 2 aromatic rings. The van der Waals surface area contributed by atoms with E-state index in [2.05, 4.69) is 69.3 Å². The molecular weight excluding hydrogens is 438 g/mol. The minimum atomic E-state index is -0.190. The van der Waals surface area contributed by atoms with Crippen LogP contribution in [0.4, 0.5) is 0 Å². The number of rotatable bonds is 5. The van der Waals surface area contributed by atoms with Gasteiger partial charge in [-0.05, 0) is 82.6 Å². The van der Waals surface area contributed by atoms with E-state index in [1.54, 1.807) is 5.31 Å². The molecule has 2 saturated carbocycles. The molecule has 0 aliphatic heterocycles. The van der Waals surface area contributed by atoms with E-state index < -0.39 is 0 Å². The average Bonchev–Trinajstić information content (AvgIpc) is 2.80. The van der Waals surface area contributed by atoms with Crippen LogP contribution in [0.3, 0.4) is 0 Å². The Hall–Kier alpha value is -1.04. The van der Waals surface area contributed by atoms with Crippen molar-refractivity contribution in [1.29, 1.82) is 0 Å². The van der Waals surface area contributed by atoms with Gasteiger partial charge in [0.25, 0.3) is 0 Å². The monoisotopic (exact) mass is 477 g/mol. The van der Waals surface area contributed by atoms with Gasteiger partial charge in [0.2, 0.25) is 0 Å². The summed E-state index contributed by atoms with van der Waals surface area (Å²) >= 11 is 6.40. The Labute approximate surface area is 210 Å². The Kier molecular flexibility index (Phi) is 9.73. The lowest BCUT2D eigenvalue weighted by Crippen LogP contribution is -2.21. The summed E-state index contributed by atoms with van der Waals surface area (Å²) in [5, 5.41) is 2.46. The van der Waals surface area contributed by atoms with Crippen LogP contribution in [0.15, 0.2) is 48.5 Å². The normalized spacial score (nSPS) is 18.9. The number of halogens is 1. The van der Waals surface area contributed by atoms with E-state index in [9.17, 15) is 0 Å². The van der Waals surface area contributed by atoms with Crippen LogP contribution < -0.4 is 0 Å². The molecule has 0 nitrogen and oxygen atoms in total. The maximum absolute atomic E-state index is 6.40. The molecule has 0 saturated heterocycles.